The summed E-state index contributed by atoms with van der Waals surface area (Å²) < 4.78 is 23.5. The molecule has 58 heavy (non-hydrogen) atoms. The van der Waals surface area contributed by atoms with Crippen LogP contribution in [0.4, 0.5) is 34.1 Å². The maximum atomic E-state index is 11.7. The van der Waals surface area contributed by atoms with E-state index in [1.54, 1.807) is 11.5 Å². The van der Waals surface area contributed by atoms with Crippen LogP contribution in [0.5, 0.6) is 11.5 Å². The number of nitro groups is 1. The number of ether oxygens (including phenoxy) is 4. The standard InChI is InChI=1S/C43H53ClN6O8/c1-4-42(51)55-22-20-49(21-23-56-43(52)5-2)33-16-18-36(30(3)24-33)45-47-38-26-41(58-29-32-14-10-7-11-15-32)39(27-40(38)57-28-31-12-8-6-9-13-31)48-46-37-19-17-34(50(53)54)25-35(37)44/h4-5,16-19,24-27,31-32,46,48H,1-2,6-15,20-23,28-29H2,3H3/p+1. The van der Waals surface area contributed by atoms with Gasteiger partial charge in [0.15, 0.2) is 17.2 Å². The molecule has 0 heterocycles. The van der Waals surface area contributed by atoms with Gasteiger partial charge in [0.2, 0.25) is 0 Å². The number of nitrogen functional groups attached to an aromatic ring is 1. The number of benzene rings is 3. The van der Waals surface area contributed by atoms with Crippen molar-refractivity contribution in [1.82, 2.24) is 0 Å². The van der Waals surface area contributed by atoms with E-state index in [4.69, 9.17) is 35.7 Å². The van der Waals surface area contributed by atoms with E-state index < -0.39 is 16.9 Å². The number of esters is 2. The van der Waals surface area contributed by atoms with Gasteiger partial charge in [-0.15, -0.1) is 5.11 Å². The van der Waals surface area contributed by atoms with Gasteiger partial charge in [0.1, 0.15) is 24.6 Å². The molecular weight excluding hydrogens is 764 g/mol. The number of halogens is 1. The lowest BCUT2D eigenvalue weighted by atomic mass is 9.90. The van der Waals surface area contributed by atoms with Gasteiger partial charge in [0.05, 0.1) is 41.9 Å². The van der Waals surface area contributed by atoms with Crippen molar-refractivity contribution in [2.24, 2.45) is 22.1 Å². The fraction of sp³-hybridized carbons (Fsp3) is 0.442. The van der Waals surface area contributed by atoms with Crippen LogP contribution in [-0.4, -0.2) is 56.4 Å². The third-order valence-electron chi connectivity index (χ3n) is 10.4. The first-order valence-electron chi connectivity index (χ1n) is 20.0. The van der Waals surface area contributed by atoms with Crippen LogP contribution in [0.1, 0.15) is 69.8 Å². The Kier molecular flexibility index (Phi) is 16.9. The van der Waals surface area contributed by atoms with Crippen LogP contribution in [0, 0.1) is 28.9 Å². The number of aryl methyl sites for hydroxylation is 1. The maximum absolute atomic E-state index is 11.7. The SMILES string of the molecule is C=CC(=O)OCCN(CCOC(=O)C=C)c1ccc(N=Nc2cc(OCC3CCCCC3)c([NH2+]Nc3ccc([N+](=O)[O-])cc3Cl)cc2OCC2CCCCC2)c(C)c1. The Morgan fingerprint density at radius 3 is 1.98 bits per heavy atom. The zero-order valence-electron chi connectivity index (χ0n) is 33.2. The van der Waals surface area contributed by atoms with E-state index >= 15 is 0 Å². The van der Waals surface area contributed by atoms with Gasteiger partial charge < -0.3 is 23.8 Å². The minimum Gasteiger partial charge on any atom is -0.491 e. The maximum Gasteiger partial charge on any atom is 0.330 e. The molecule has 2 saturated carbocycles. The lowest BCUT2D eigenvalue weighted by molar-refractivity contribution is -0.539. The first kappa shape index (κ1) is 43.6. The first-order chi connectivity index (χ1) is 28.1. The van der Waals surface area contributed by atoms with Crippen molar-refractivity contribution in [2.75, 3.05) is 49.8 Å². The lowest BCUT2D eigenvalue weighted by Crippen LogP contribution is -2.82. The number of non-ortho nitro benzene ring substituents is 1. The van der Waals surface area contributed by atoms with E-state index in [1.165, 1.54) is 50.7 Å². The Bertz CT molecular complexity index is 1900. The summed E-state index contributed by atoms with van der Waals surface area (Å²) in [7, 11) is 0. The number of hydrogen-bond acceptors (Lipinski definition) is 12. The summed E-state index contributed by atoms with van der Waals surface area (Å²) in [5, 5.41) is 20.9. The monoisotopic (exact) mass is 817 g/mol. The van der Waals surface area contributed by atoms with Crippen LogP contribution in [0.15, 0.2) is 84.1 Å². The quantitative estimate of drug-likeness (QED) is 0.0201. The number of nitrogens with two attached hydrogens (primary N) is 1. The summed E-state index contributed by atoms with van der Waals surface area (Å²) in [6.45, 7) is 10.8. The zero-order chi connectivity index (χ0) is 41.3. The molecule has 2 aliphatic carbocycles. The van der Waals surface area contributed by atoms with Gasteiger partial charge in [-0.1, -0.05) is 63.3 Å². The Balaban J connectivity index is 1.43. The Morgan fingerprint density at radius 1 is 0.845 bits per heavy atom. The molecular formula is C43H54ClN6O8+. The predicted molar refractivity (Wildman–Crippen MR) is 224 cm³/mol. The topological polar surface area (TPSA) is 171 Å². The van der Waals surface area contributed by atoms with Crippen LogP contribution in [0.3, 0.4) is 0 Å². The fourth-order valence-corrected chi connectivity index (χ4v) is 7.30. The Labute approximate surface area is 344 Å². The summed E-state index contributed by atoms with van der Waals surface area (Å²) in [6, 6.07) is 13.7. The molecule has 15 heteroatoms. The van der Waals surface area contributed by atoms with Crippen molar-refractivity contribution in [1.29, 1.82) is 0 Å². The first-order valence-corrected chi connectivity index (χ1v) is 20.3. The highest BCUT2D eigenvalue weighted by molar-refractivity contribution is 6.33. The smallest absolute Gasteiger partial charge is 0.330 e. The van der Waals surface area contributed by atoms with Crippen molar-refractivity contribution in [2.45, 2.75) is 71.1 Å². The molecule has 0 aliphatic heterocycles. The molecule has 0 amide bonds. The minimum absolute atomic E-state index is 0.0968. The minimum atomic E-state index is -0.523. The molecule has 14 nitrogen and oxygen atoms in total. The number of rotatable bonds is 21. The number of anilines is 2. The molecule has 0 atom stereocenters. The number of azo groups is 1. The summed E-state index contributed by atoms with van der Waals surface area (Å²) in [5.41, 5.74) is 8.90. The van der Waals surface area contributed by atoms with Gasteiger partial charge in [0, 0.05) is 42.1 Å². The number of quaternary nitrogens is 1. The van der Waals surface area contributed by atoms with E-state index in [0.29, 0.717) is 72.4 Å². The van der Waals surface area contributed by atoms with E-state index in [1.807, 2.05) is 42.2 Å². The van der Waals surface area contributed by atoms with Crippen molar-refractivity contribution in [3.05, 3.63) is 94.5 Å². The number of nitrogens with zero attached hydrogens (tertiary/aromatic N) is 4. The lowest BCUT2D eigenvalue weighted by Gasteiger charge is -2.25. The number of nitrogens with one attached hydrogen (secondary N) is 1. The molecule has 2 fully saturated rings. The van der Waals surface area contributed by atoms with E-state index in [2.05, 4.69) is 23.7 Å². The molecule has 0 aromatic heterocycles. The molecule has 3 N–H and O–H groups in total. The van der Waals surface area contributed by atoms with Crippen molar-refractivity contribution in [3.63, 3.8) is 0 Å². The molecule has 3 aromatic rings. The highest BCUT2D eigenvalue weighted by Gasteiger charge is 2.22. The molecule has 0 unspecified atom stereocenters. The Hall–Kier alpha value is -5.47. The average molecular weight is 818 g/mol. The Morgan fingerprint density at radius 2 is 1.43 bits per heavy atom. The molecule has 0 bridgehead atoms. The van der Waals surface area contributed by atoms with Gasteiger partial charge in [-0.3, -0.25) is 10.1 Å². The van der Waals surface area contributed by atoms with E-state index in [-0.39, 0.29) is 23.9 Å². The summed E-state index contributed by atoms with van der Waals surface area (Å²) in [6.07, 6.45) is 13.8. The van der Waals surface area contributed by atoms with Gasteiger partial charge in [-0.2, -0.15) is 5.11 Å². The molecule has 5 rings (SSSR count). The van der Waals surface area contributed by atoms with Crippen molar-refractivity contribution < 1.29 is 38.9 Å². The van der Waals surface area contributed by atoms with Gasteiger partial charge in [-0.25, -0.2) is 20.4 Å². The van der Waals surface area contributed by atoms with E-state index in [9.17, 15) is 19.7 Å². The van der Waals surface area contributed by atoms with Crippen LogP contribution >= 0.6 is 11.6 Å². The summed E-state index contributed by atoms with van der Waals surface area (Å²) >= 11 is 6.44. The van der Waals surface area contributed by atoms with Crippen LogP contribution < -0.4 is 25.2 Å². The molecule has 2 aliphatic rings. The number of carbonyl (C=O) groups excluding carboxylic acids is 2. The largest absolute Gasteiger partial charge is 0.491 e. The molecule has 0 spiro atoms. The second-order valence-corrected chi connectivity index (χ2v) is 15.0. The van der Waals surface area contributed by atoms with E-state index in [0.717, 1.165) is 49.1 Å². The molecule has 0 radical (unpaired) electrons. The van der Waals surface area contributed by atoms with Crippen molar-refractivity contribution in [3.8, 4) is 11.5 Å². The van der Waals surface area contributed by atoms with Crippen LogP contribution in [0.25, 0.3) is 0 Å². The third kappa shape index (κ3) is 13.3. The predicted octanol–water partition coefficient (Wildman–Crippen LogP) is 9.38. The number of nitro benzene ring substituents is 1. The molecule has 0 saturated heterocycles. The number of hydrogen-bond donors (Lipinski definition) is 2. The molecule has 310 valence electrons. The van der Waals surface area contributed by atoms with Gasteiger partial charge in [-0.05, 0) is 74.3 Å². The summed E-state index contributed by atoms with van der Waals surface area (Å²) in [5.74, 6) is 0.965. The van der Waals surface area contributed by atoms with Gasteiger partial charge >= 0.3 is 11.9 Å². The van der Waals surface area contributed by atoms with Crippen LogP contribution in [-0.2, 0) is 19.1 Å². The highest BCUT2D eigenvalue weighted by atomic mass is 35.5. The van der Waals surface area contributed by atoms with Gasteiger partial charge in [0.25, 0.3) is 5.69 Å². The molecule has 3 aromatic carbocycles. The second-order valence-electron chi connectivity index (χ2n) is 14.6. The zero-order valence-corrected chi connectivity index (χ0v) is 33.9. The van der Waals surface area contributed by atoms with Crippen molar-refractivity contribution >= 4 is 57.7 Å². The number of carbonyl (C=O) groups is 2. The van der Waals surface area contributed by atoms with Crippen LogP contribution in [0.2, 0.25) is 5.02 Å². The average Bonchev–Trinajstić information content (AvgIpc) is 3.24. The summed E-state index contributed by atoms with van der Waals surface area (Å²) in [4.78, 5) is 36.1. The second kappa shape index (κ2) is 22.5. The highest BCUT2D eigenvalue weighted by Crippen LogP contribution is 2.40. The fourth-order valence-electron chi connectivity index (χ4n) is 7.07. The normalized spacial score (nSPS) is 14.7. The third-order valence-corrected chi connectivity index (χ3v) is 10.7.